The quantitative estimate of drug-likeness (QED) is 0.917. The highest BCUT2D eigenvalue weighted by Crippen LogP contribution is 2.34. The molecule has 110 valence electrons. The van der Waals surface area contributed by atoms with E-state index in [9.17, 15) is 0 Å². The summed E-state index contributed by atoms with van der Waals surface area (Å²) in [7, 11) is 1.64. The summed E-state index contributed by atoms with van der Waals surface area (Å²) in [6.45, 7) is 1.70. The lowest BCUT2D eigenvalue weighted by molar-refractivity contribution is 0.247. The third-order valence-electron chi connectivity index (χ3n) is 3.66. The topological polar surface area (TPSA) is 53.7 Å². The normalized spacial score (nSPS) is 16.2. The predicted octanol–water partition coefficient (Wildman–Crippen LogP) is 2.71. The van der Waals surface area contributed by atoms with Crippen LogP contribution in [0.5, 0.6) is 17.2 Å². The summed E-state index contributed by atoms with van der Waals surface area (Å²) < 4.78 is 16.8. The van der Waals surface area contributed by atoms with Gasteiger partial charge < -0.3 is 19.9 Å². The summed E-state index contributed by atoms with van der Waals surface area (Å²) in [5.74, 6) is 2.75. The van der Waals surface area contributed by atoms with Gasteiger partial charge in [0.1, 0.15) is 17.2 Å². The maximum absolute atomic E-state index is 5.92. The van der Waals surface area contributed by atoms with Crippen LogP contribution in [0, 0.1) is 0 Å². The second-order valence-corrected chi connectivity index (χ2v) is 5.08. The zero-order valence-corrected chi connectivity index (χ0v) is 12.0. The SMILES string of the molecule is COc1cc(CN)cc(OCC2COc3ccccc32)c1. The number of ether oxygens (including phenoxy) is 3. The van der Waals surface area contributed by atoms with E-state index < -0.39 is 0 Å². The van der Waals surface area contributed by atoms with Gasteiger partial charge in [0.2, 0.25) is 0 Å². The Hall–Kier alpha value is -2.20. The highest BCUT2D eigenvalue weighted by molar-refractivity contribution is 5.41. The molecule has 4 nitrogen and oxygen atoms in total. The van der Waals surface area contributed by atoms with E-state index in [1.807, 2.05) is 36.4 Å². The Kier molecular flexibility index (Phi) is 3.97. The Morgan fingerprint density at radius 3 is 2.81 bits per heavy atom. The van der Waals surface area contributed by atoms with Gasteiger partial charge in [0.25, 0.3) is 0 Å². The Morgan fingerprint density at radius 2 is 2.00 bits per heavy atom. The first-order valence-corrected chi connectivity index (χ1v) is 7.02. The van der Waals surface area contributed by atoms with E-state index in [0.29, 0.717) is 19.8 Å². The largest absolute Gasteiger partial charge is 0.497 e. The van der Waals surface area contributed by atoms with Crippen LogP contribution < -0.4 is 19.9 Å². The van der Waals surface area contributed by atoms with Gasteiger partial charge in [-0.05, 0) is 23.8 Å². The monoisotopic (exact) mass is 285 g/mol. The maximum Gasteiger partial charge on any atom is 0.123 e. The average molecular weight is 285 g/mol. The first kappa shape index (κ1) is 13.8. The van der Waals surface area contributed by atoms with Crippen LogP contribution in [0.15, 0.2) is 42.5 Å². The molecule has 3 rings (SSSR count). The molecule has 0 aliphatic carbocycles. The molecule has 0 aromatic heterocycles. The van der Waals surface area contributed by atoms with Crippen molar-refractivity contribution in [1.29, 1.82) is 0 Å². The zero-order chi connectivity index (χ0) is 14.7. The molecule has 0 radical (unpaired) electrons. The molecule has 0 saturated heterocycles. The molecule has 21 heavy (non-hydrogen) atoms. The van der Waals surface area contributed by atoms with Crippen LogP contribution in [-0.2, 0) is 6.54 Å². The summed E-state index contributed by atoms with van der Waals surface area (Å²) in [5, 5.41) is 0. The van der Waals surface area contributed by atoms with Crippen molar-refractivity contribution < 1.29 is 14.2 Å². The van der Waals surface area contributed by atoms with Crippen LogP contribution >= 0.6 is 0 Å². The fourth-order valence-corrected chi connectivity index (χ4v) is 2.51. The lowest BCUT2D eigenvalue weighted by Gasteiger charge is -2.13. The first-order valence-electron chi connectivity index (χ1n) is 7.02. The molecule has 2 aromatic rings. The Balaban J connectivity index is 1.71. The van der Waals surface area contributed by atoms with Gasteiger partial charge in [-0.1, -0.05) is 18.2 Å². The number of methoxy groups -OCH3 is 1. The van der Waals surface area contributed by atoms with E-state index in [-0.39, 0.29) is 5.92 Å². The van der Waals surface area contributed by atoms with Gasteiger partial charge in [0.15, 0.2) is 0 Å². The molecular formula is C17H19NO3. The van der Waals surface area contributed by atoms with E-state index in [0.717, 1.165) is 22.8 Å². The molecule has 1 unspecified atom stereocenters. The average Bonchev–Trinajstić information content (AvgIpc) is 2.95. The third-order valence-corrected chi connectivity index (χ3v) is 3.66. The molecule has 1 atom stereocenters. The zero-order valence-electron chi connectivity index (χ0n) is 12.0. The molecule has 0 amide bonds. The summed E-state index contributed by atoms with van der Waals surface area (Å²) in [4.78, 5) is 0. The second kappa shape index (κ2) is 6.06. The third kappa shape index (κ3) is 2.95. The van der Waals surface area contributed by atoms with Crippen LogP contribution in [0.25, 0.3) is 0 Å². The number of hydrogen-bond donors (Lipinski definition) is 1. The van der Waals surface area contributed by atoms with E-state index in [1.165, 1.54) is 5.56 Å². The molecule has 1 aliphatic heterocycles. The molecule has 4 heteroatoms. The lowest BCUT2D eigenvalue weighted by Crippen LogP contribution is -2.12. The minimum absolute atomic E-state index is 0.258. The minimum Gasteiger partial charge on any atom is -0.497 e. The molecule has 1 heterocycles. The highest BCUT2D eigenvalue weighted by Gasteiger charge is 2.24. The number of para-hydroxylation sites is 1. The van der Waals surface area contributed by atoms with Crippen molar-refractivity contribution in [3.05, 3.63) is 53.6 Å². The fourth-order valence-electron chi connectivity index (χ4n) is 2.51. The van der Waals surface area contributed by atoms with Crippen LogP contribution in [0.2, 0.25) is 0 Å². The summed E-state index contributed by atoms with van der Waals surface area (Å²) in [5.41, 5.74) is 7.89. The van der Waals surface area contributed by atoms with Crippen molar-refractivity contribution in [3.8, 4) is 17.2 Å². The van der Waals surface area contributed by atoms with Gasteiger partial charge in [-0.3, -0.25) is 0 Å². The van der Waals surface area contributed by atoms with Gasteiger partial charge in [-0.2, -0.15) is 0 Å². The molecule has 2 aromatic carbocycles. The second-order valence-electron chi connectivity index (χ2n) is 5.08. The van der Waals surface area contributed by atoms with Crippen molar-refractivity contribution in [2.24, 2.45) is 5.73 Å². The molecule has 0 bridgehead atoms. The fraction of sp³-hybridized carbons (Fsp3) is 0.294. The van der Waals surface area contributed by atoms with Gasteiger partial charge >= 0.3 is 0 Å². The predicted molar refractivity (Wildman–Crippen MR) is 81.1 cm³/mol. The van der Waals surface area contributed by atoms with E-state index in [2.05, 4.69) is 6.07 Å². The molecule has 0 fully saturated rings. The number of fused-ring (bicyclic) bond motifs is 1. The minimum atomic E-state index is 0.258. The van der Waals surface area contributed by atoms with Crippen LogP contribution in [0.1, 0.15) is 17.0 Å². The van der Waals surface area contributed by atoms with Gasteiger partial charge in [0.05, 0.1) is 26.2 Å². The summed E-state index contributed by atoms with van der Waals surface area (Å²) >= 11 is 0. The highest BCUT2D eigenvalue weighted by atomic mass is 16.5. The lowest BCUT2D eigenvalue weighted by atomic mass is 10.0. The molecule has 0 saturated carbocycles. The van der Waals surface area contributed by atoms with Crippen molar-refractivity contribution >= 4 is 0 Å². The van der Waals surface area contributed by atoms with Crippen molar-refractivity contribution in [2.75, 3.05) is 20.3 Å². The van der Waals surface area contributed by atoms with Crippen LogP contribution in [-0.4, -0.2) is 20.3 Å². The summed E-state index contributed by atoms with van der Waals surface area (Å²) in [6, 6.07) is 13.8. The summed E-state index contributed by atoms with van der Waals surface area (Å²) in [6.07, 6.45) is 0. The number of rotatable bonds is 5. The first-order chi connectivity index (χ1) is 10.3. The Morgan fingerprint density at radius 1 is 1.19 bits per heavy atom. The molecule has 1 aliphatic rings. The number of nitrogens with two attached hydrogens (primary N) is 1. The van der Waals surface area contributed by atoms with Gasteiger partial charge in [-0.15, -0.1) is 0 Å². The van der Waals surface area contributed by atoms with E-state index in [4.69, 9.17) is 19.9 Å². The number of benzene rings is 2. The standard InChI is InChI=1S/C17H19NO3/c1-19-14-6-12(9-18)7-15(8-14)20-10-13-11-21-17-5-3-2-4-16(13)17/h2-8,13H,9-11,18H2,1H3. The van der Waals surface area contributed by atoms with Crippen molar-refractivity contribution in [3.63, 3.8) is 0 Å². The van der Waals surface area contributed by atoms with Crippen LogP contribution in [0.3, 0.4) is 0 Å². The molecule has 2 N–H and O–H groups in total. The maximum atomic E-state index is 5.92. The van der Waals surface area contributed by atoms with Crippen molar-refractivity contribution in [2.45, 2.75) is 12.5 Å². The van der Waals surface area contributed by atoms with Gasteiger partial charge in [-0.25, -0.2) is 0 Å². The van der Waals surface area contributed by atoms with Gasteiger partial charge in [0, 0.05) is 18.2 Å². The Labute approximate surface area is 124 Å². The number of hydrogen-bond acceptors (Lipinski definition) is 4. The molecular weight excluding hydrogens is 266 g/mol. The van der Waals surface area contributed by atoms with E-state index >= 15 is 0 Å². The van der Waals surface area contributed by atoms with E-state index in [1.54, 1.807) is 7.11 Å². The van der Waals surface area contributed by atoms with Crippen molar-refractivity contribution in [1.82, 2.24) is 0 Å². The molecule has 0 spiro atoms. The van der Waals surface area contributed by atoms with Crippen LogP contribution in [0.4, 0.5) is 0 Å². The Bertz CT molecular complexity index is 605. The smallest absolute Gasteiger partial charge is 0.123 e.